The fourth-order valence-corrected chi connectivity index (χ4v) is 3.62. The first-order chi connectivity index (χ1) is 16.2. The molecule has 0 aliphatic carbocycles. The maximum Gasteiger partial charge on any atom is 0.229 e. The third-order valence-corrected chi connectivity index (χ3v) is 5.49. The lowest BCUT2D eigenvalue weighted by molar-refractivity contribution is 0.414. The zero-order valence-electron chi connectivity index (χ0n) is 18.0. The van der Waals surface area contributed by atoms with Crippen molar-refractivity contribution >= 4 is 28.6 Å². The maximum atomic E-state index is 6.09. The number of benzene rings is 3. The number of ether oxygens (including phenoxy) is 1. The van der Waals surface area contributed by atoms with E-state index < -0.39 is 0 Å². The molecule has 6 nitrogen and oxygen atoms in total. The quantitative estimate of drug-likeness (QED) is 0.311. The van der Waals surface area contributed by atoms with Crippen LogP contribution in [-0.2, 0) is 6.42 Å². The Bertz CT molecular complexity index is 1370. The Morgan fingerprint density at radius 1 is 0.848 bits per heavy atom. The van der Waals surface area contributed by atoms with Gasteiger partial charge in [-0.25, -0.2) is 9.97 Å². The smallest absolute Gasteiger partial charge is 0.229 e. The summed E-state index contributed by atoms with van der Waals surface area (Å²) in [6.07, 6.45) is 0.811. The van der Waals surface area contributed by atoms with Gasteiger partial charge < -0.3 is 14.5 Å². The fraction of sp³-hybridized carbons (Fsp3) is 0.115. The summed E-state index contributed by atoms with van der Waals surface area (Å²) in [7, 11) is 1.66. The molecule has 1 N–H and O–H groups in total. The molecule has 3 aromatic carbocycles. The van der Waals surface area contributed by atoms with Crippen LogP contribution in [0.4, 0.5) is 5.82 Å². The Hall–Kier alpha value is -3.90. The highest BCUT2D eigenvalue weighted by Gasteiger charge is 2.17. The lowest BCUT2D eigenvalue weighted by Gasteiger charge is -2.08. The van der Waals surface area contributed by atoms with E-state index in [2.05, 4.69) is 27.4 Å². The number of fused-ring (bicyclic) bond motifs is 1. The second-order valence-corrected chi connectivity index (χ2v) is 7.90. The second kappa shape index (κ2) is 9.30. The molecule has 5 aromatic rings. The molecule has 0 fully saturated rings. The number of nitrogens with zero attached hydrogens (tertiary/aromatic N) is 3. The Kier molecular flexibility index (Phi) is 5.91. The molecule has 2 heterocycles. The van der Waals surface area contributed by atoms with Gasteiger partial charge in [0.15, 0.2) is 11.6 Å². The topological polar surface area (TPSA) is 73.1 Å². The molecular weight excluding hydrogens is 436 g/mol. The van der Waals surface area contributed by atoms with Gasteiger partial charge in [0.2, 0.25) is 17.1 Å². The van der Waals surface area contributed by atoms with Crippen molar-refractivity contribution in [1.82, 2.24) is 15.0 Å². The minimum atomic E-state index is 0.501. The van der Waals surface area contributed by atoms with Gasteiger partial charge in [-0.2, -0.15) is 4.98 Å². The van der Waals surface area contributed by atoms with Gasteiger partial charge >= 0.3 is 0 Å². The average Bonchev–Trinajstić information content (AvgIpc) is 3.30. The molecule has 5 rings (SSSR count). The zero-order chi connectivity index (χ0) is 22.6. The van der Waals surface area contributed by atoms with E-state index in [0.717, 1.165) is 23.3 Å². The molecular formula is C26H21ClN4O2. The molecule has 0 radical (unpaired) electrons. The van der Waals surface area contributed by atoms with Crippen molar-refractivity contribution in [2.24, 2.45) is 0 Å². The fourth-order valence-electron chi connectivity index (χ4n) is 3.49. The van der Waals surface area contributed by atoms with Gasteiger partial charge in [0, 0.05) is 22.7 Å². The maximum absolute atomic E-state index is 6.09. The highest BCUT2D eigenvalue weighted by molar-refractivity contribution is 6.30. The first-order valence-electron chi connectivity index (χ1n) is 10.6. The lowest BCUT2D eigenvalue weighted by atomic mass is 10.1. The molecule has 164 valence electrons. The van der Waals surface area contributed by atoms with Crippen LogP contribution in [0.3, 0.4) is 0 Å². The molecule has 0 aliphatic heterocycles. The summed E-state index contributed by atoms with van der Waals surface area (Å²) in [4.78, 5) is 14.0. The van der Waals surface area contributed by atoms with Gasteiger partial charge in [-0.1, -0.05) is 41.9 Å². The van der Waals surface area contributed by atoms with Crippen molar-refractivity contribution < 1.29 is 9.15 Å². The average molecular weight is 457 g/mol. The number of rotatable bonds is 7. The zero-order valence-corrected chi connectivity index (χ0v) is 18.7. The predicted octanol–water partition coefficient (Wildman–Crippen LogP) is 6.27. The van der Waals surface area contributed by atoms with Crippen LogP contribution in [0.15, 0.2) is 83.3 Å². The molecule has 0 atom stereocenters. The predicted molar refractivity (Wildman–Crippen MR) is 131 cm³/mol. The molecule has 0 saturated heterocycles. The molecule has 0 saturated carbocycles. The Morgan fingerprint density at radius 2 is 1.61 bits per heavy atom. The summed E-state index contributed by atoms with van der Waals surface area (Å²) in [5.74, 6) is 2.51. The number of hydrogen-bond acceptors (Lipinski definition) is 6. The normalized spacial score (nSPS) is 11.0. The summed E-state index contributed by atoms with van der Waals surface area (Å²) in [6.45, 7) is 0.667. The minimum absolute atomic E-state index is 0.501. The van der Waals surface area contributed by atoms with Crippen molar-refractivity contribution in [2.75, 3.05) is 19.0 Å². The summed E-state index contributed by atoms with van der Waals surface area (Å²) in [6, 6.07) is 25.2. The summed E-state index contributed by atoms with van der Waals surface area (Å²) >= 11 is 6.05. The van der Waals surface area contributed by atoms with E-state index in [4.69, 9.17) is 25.7 Å². The third kappa shape index (κ3) is 4.66. The number of aromatic nitrogens is 3. The van der Waals surface area contributed by atoms with Crippen LogP contribution in [0.1, 0.15) is 5.56 Å². The molecule has 0 aliphatic rings. The highest BCUT2D eigenvalue weighted by Crippen LogP contribution is 2.30. The van der Waals surface area contributed by atoms with E-state index in [-0.39, 0.29) is 0 Å². The van der Waals surface area contributed by atoms with Crippen LogP contribution in [0, 0.1) is 0 Å². The van der Waals surface area contributed by atoms with Gasteiger partial charge in [0.1, 0.15) is 5.75 Å². The molecule has 7 heteroatoms. The van der Waals surface area contributed by atoms with E-state index in [1.165, 1.54) is 5.56 Å². The molecule has 0 unspecified atom stereocenters. The van der Waals surface area contributed by atoms with Crippen LogP contribution in [0.2, 0.25) is 5.02 Å². The number of methoxy groups -OCH3 is 1. The summed E-state index contributed by atoms with van der Waals surface area (Å²) in [5.41, 5.74) is 3.95. The lowest BCUT2D eigenvalue weighted by Crippen LogP contribution is -2.08. The van der Waals surface area contributed by atoms with Gasteiger partial charge in [-0.3, -0.25) is 0 Å². The standard InChI is InChI=1S/C26H21ClN4O2/c1-32-21-13-7-17(8-14-21)15-16-28-24-22-25(31-26(33-22)19-5-3-2-4-6-19)30-23(29-24)18-9-11-20(27)12-10-18/h2-14H,15-16H2,1H3,(H,28,29,30). The van der Waals surface area contributed by atoms with Crippen LogP contribution < -0.4 is 10.1 Å². The van der Waals surface area contributed by atoms with Gasteiger partial charge in [-0.15, -0.1) is 0 Å². The number of oxazole rings is 1. The Balaban J connectivity index is 1.48. The van der Waals surface area contributed by atoms with Crippen molar-refractivity contribution in [1.29, 1.82) is 0 Å². The van der Waals surface area contributed by atoms with Crippen molar-refractivity contribution in [3.8, 4) is 28.6 Å². The molecule has 0 spiro atoms. The number of anilines is 1. The van der Waals surface area contributed by atoms with Gasteiger partial charge in [-0.05, 0) is 60.5 Å². The van der Waals surface area contributed by atoms with Crippen LogP contribution >= 0.6 is 11.6 Å². The van der Waals surface area contributed by atoms with E-state index >= 15 is 0 Å². The van der Waals surface area contributed by atoms with Crippen LogP contribution in [0.5, 0.6) is 5.75 Å². The number of halogens is 1. The third-order valence-electron chi connectivity index (χ3n) is 5.24. The Labute approximate surface area is 196 Å². The molecule has 0 bridgehead atoms. The largest absolute Gasteiger partial charge is 0.497 e. The van der Waals surface area contributed by atoms with Crippen molar-refractivity contribution in [2.45, 2.75) is 6.42 Å². The van der Waals surface area contributed by atoms with E-state index in [0.29, 0.717) is 40.3 Å². The first-order valence-corrected chi connectivity index (χ1v) is 10.9. The summed E-state index contributed by atoms with van der Waals surface area (Å²) < 4.78 is 11.3. The SMILES string of the molecule is COc1ccc(CCNc2nc(-c3ccc(Cl)cc3)nc3nc(-c4ccccc4)oc23)cc1. The van der Waals surface area contributed by atoms with Crippen molar-refractivity contribution in [3.05, 3.63) is 89.4 Å². The number of nitrogens with one attached hydrogen (secondary N) is 1. The van der Waals surface area contributed by atoms with Crippen LogP contribution in [0.25, 0.3) is 34.1 Å². The molecule has 33 heavy (non-hydrogen) atoms. The highest BCUT2D eigenvalue weighted by atomic mass is 35.5. The van der Waals surface area contributed by atoms with E-state index in [1.807, 2.05) is 66.7 Å². The van der Waals surface area contributed by atoms with E-state index in [9.17, 15) is 0 Å². The summed E-state index contributed by atoms with van der Waals surface area (Å²) in [5, 5.41) is 4.07. The van der Waals surface area contributed by atoms with Crippen LogP contribution in [-0.4, -0.2) is 28.6 Å². The van der Waals surface area contributed by atoms with E-state index in [1.54, 1.807) is 7.11 Å². The monoisotopic (exact) mass is 456 g/mol. The Morgan fingerprint density at radius 3 is 2.33 bits per heavy atom. The van der Waals surface area contributed by atoms with Gasteiger partial charge in [0.05, 0.1) is 7.11 Å². The molecule has 0 amide bonds. The number of hydrogen-bond donors (Lipinski definition) is 1. The minimum Gasteiger partial charge on any atom is -0.497 e. The van der Waals surface area contributed by atoms with Crippen molar-refractivity contribution in [3.63, 3.8) is 0 Å². The second-order valence-electron chi connectivity index (χ2n) is 7.47. The molecule has 2 aromatic heterocycles. The first kappa shape index (κ1) is 21.0. The van der Waals surface area contributed by atoms with Gasteiger partial charge in [0.25, 0.3) is 0 Å².